The van der Waals surface area contributed by atoms with Crippen molar-refractivity contribution >= 4 is 11.0 Å². The summed E-state index contributed by atoms with van der Waals surface area (Å²) in [6, 6.07) is 8.24. The van der Waals surface area contributed by atoms with Crippen molar-refractivity contribution in [1.82, 2.24) is 0 Å². The number of benzene rings is 1. The van der Waals surface area contributed by atoms with Gasteiger partial charge in [-0.15, -0.1) is 0 Å². The number of fused-ring (bicyclic) bond motifs is 1. The monoisotopic (exact) mass is 232 g/mol. The minimum atomic E-state index is -0.320. The molecule has 2 nitrogen and oxygen atoms in total. The van der Waals surface area contributed by atoms with Crippen molar-refractivity contribution in [2.75, 3.05) is 0 Å². The Bertz CT molecular complexity index is 521. The molecule has 0 aliphatic rings. The minimum Gasteiger partial charge on any atom is -0.460 e. The Labute approximate surface area is 102 Å². The molecule has 1 N–H and O–H groups in total. The van der Waals surface area contributed by atoms with Gasteiger partial charge in [-0.1, -0.05) is 32.0 Å². The highest BCUT2D eigenvalue weighted by atomic mass is 16.3. The lowest BCUT2D eigenvalue weighted by molar-refractivity contribution is 0.150. The van der Waals surface area contributed by atoms with Gasteiger partial charge in [0.05, 0.1) is 6.10 Å². The van der Waals surface area contributed by atoms with E-state index in [0.29, 0.717) is 6.42 Å². The fraction of sp³-hybridized carbons (Fsp3) is 0.467. The summed E-state index contributed by atoms with van der Waals surface area (Å²) in [6.45, 7) is 8.08. The van der Waals surface area contributed by atoms with E-state index in [4.69, 9.17) is 4.42 Å². The summed E-state index contributed by atoms with van der Waals surface area (Å²) in [4.78, 5) is 0. The van der Waals surface area contributed by atoms with Gasteiger partial charge in [-0.2, -0.15) is 0 Å². The first kappa shape index (κ1) is 12.2. The summed E-state index contributed by atoms with van der Waals surface area (Å²) < 4.78 is 5.95. The Balaban J connectivity index is 2.46. The Morgan fingerprint density at radius 1 is 1.35 bits per heavy atom. The molecule has 0 aliphatic carbocycles. The SMILES string of the molecule is Cc1cccc2cc(C(C)(C)CC(C)O)oc12. The first-order chi connectivity index (χ1) is 7.90. The van der Waals surface area contributed by atoms with Crippen LogP contribution in [0.4, 0.5) is 0 Å². The van der Waals surface area contributed by atoms with Crippen LogP contribution in [0.2, 0.25) is 0 Å². The number of furan rings is 1. The maximum Gasteiger partial charge on any atom is 0.137 e. The third kappa shape index (κ3) is 2.37. The van der Waals surface area contributed by atoms with Gasteiger partial charge in [-0.3, -0.25) is 0 Å². The zero-order chi connectivity index (χ0) is 12.6. The topological polar surface area (TPSA) is 33.4 Å². The van der Waals surface area contributed by atoms with Gasteiger partial charge < -0.3 is 9.52 Å². The zero-order valence-corrected chi connectivity index (χ0v) is 10.9. The number of aryl methyl sites for hydroxylation is 1. The summed E-state index contributed by atoms with van der Waals surface area (Å²) in [7, 11) is 0. The molecule has 0 spiro atoms. The van der Waals surface area contributed by atoms with Crippen LogP contribution < -0.4 is 0 Å². The predicted octanol–water partition coefficient (Wildman–Crippen LogP) is 3.79. The molecule has 0 saturated carbocycles. The summed E-state index contributed by atoms with van der Waals surface area (Å²) in [5, 5.41) is 10.7. The molecule has 1 unspecified atom stereocenters. The van der Waals surface area contributed by atoms with Gasteiger partial charge in [0.1, 0.15) is 11.3 Å². The van der Waals surface area contributed by atoms with Crippen LogP contribution in [0.5, 0.6) is 0 Å². The molecule has 17 heavy (non-hydrogen) atoms. The van der Waals surface area contributed by atoms with Crippen molar-refractivity contribution in [3.05, 3.63) is 35.6 Å². The number of para-hydroxylation sites is 1. The van der Waals surface area contributed by atoms with Gasteiger partial charge in [-0.05, 0) is 31.9 Å². The molecule has 0 fully saturated rings. The van der Waals surface area contributed by atoms with E-state index in [0.717, 1.165) is 22.3 Å². The van der Waals surface area contributed by atoms with Crippen molar-refractivity contribution in [3.63, 3.8) is 0 Å². The van der Waals surface area contributed by atoms with Crippen LogP contribution in [0.1, 0.15) is 38.5 Å². The fourth-order valence-electron chi connectivity index (χ4n) is 2.38. The molecule has 0 saturated heterocycles. The zero-order valence-electron chi connectivity index (χ0n) is 10.9. The van der Waals surface area contributed by atoms with Crippen molar-refractivity contribution < 1.29 is 9.52 Å². The van der Waals surface area contributed by atoms with Crippen LogP contribution >= 0.6 is 0 Å². The second-order valence-electron chi connectivity index (χ2n) is 5.54. The maximum atomic E-state index is 9.54. The Hall–Kier alpha value is -1.28. The molecule has 2 heteroatoms. The normalized spacial score (nSPS) is 14.2. The summed E-state index contributed by atoms with van der Waals surface area (Å²) >= 11 is 0. The Morgan fingerprint density at radius 2 is 2.06 bits per heavy atom. The summed E-state index contributed by atoms with van der Waals surface area (Å²) in [5.74, 6) is 0.947. The lowest BCUT2D eigenvalue weighted by Crippen LogP contribution is -2.22. The predicted molar refractivity (Wildman–Crippen MR) is 70.3 cm³/mol. The van der Waals surface area contributed by atoms with E-state index in [1.54, 1.807) is 0 Å². The van der Waals surface area contributed by atoms with Crippen LogP contribution in [0.3, 0.4) is 0 Å². The van der Waals surface area contributed by atoms with Gasteiger partial charge in [0.2, 0.25) is 0 Å². The third-order valence-corrected chi connectivity index (χ3v) is 3.21. The van der Waals surface area contributed by atoms with Crippen molar-refractivity contribution in [1.29, 1.82) is 0 Å². The smallest absolute Gasteiger partial charge is 0.137 e. The second-order valence-corrected chi connectivity index (χ2v) is 5.54. The number of aliphatic hydroxyl groups excluding tert-OH is 1. The standard InChI is InChI=1S/C15H20O2/c1-10-6-5-7-12-8-13(17-14(10)12)15(3,4)9-11(2)16/h5-8,11,16H,9H2,1-4H3. The maximum absolute atomic E-state index is 9.54. The van der Waals surface area contributed by atoms with Crippen molar-refractivity contribution in [2.45, 2.75) is 45.6 Å². The van der Waals surface area contributed by atoms with Crippen molar-refractivity contribution in [2.24, 2.45) is 0 Å². The van der Waals surface area contributed by atoms with E-state index in [2.05, 4.69) is 39.0 Å². The summed E-state index contributed by atoms with van der Waals surface area (Å²) in [6.07, 6.45) is 0.380. The van der Waals surface area contributed by atoms with Crippen LogP contribution in [0, 0.1) is 6.92 Å². The molecule has 2 rings (SSSR count). The highest BCUT2D eigenvalue weighted by Gasteiger charge is 2.26. The largest absolute Gasteiger partial charge is 0.460 e. The molecule has 1 aromatic carbocycles. The molecular formula is C15H20O2. The van der Waals surface area contributed by atoms with E-state index in [9.17, 15) is 5.11 Å². The quantitative estimate of drug-likeness (QED) is 0.873. The first-order valence-electron chi connectivity index (χ1n) is 6.08. The van der Waals surface area contributed by atoms with Crippen LogP contribution in [-0.2, 0) is 5.41 Å². The molecule has 0 radical (unpaired) electrons. The molecule has 92 valence electrons. The third-order valence-electron chi connectivity index (χ3n) is 3.21. The number of aliphatic hydroxyl groups is 1. The van der Waals surface area contributed by atoms with Gasteiger partial charge in [-0.25, -0.2) is 0 Å². The minimum absolute atomic E-state index is 0.139. The molecule has 0 bridgehead atoms. The molecule has 0 amide bonds. The molecule has 1 heterocycles. The lowest BCUT2D eigenvalue weighted by Gasteiger charge is -2.23. The van der Waals surface area contributed by atoms with Gasteiger partial charge in [0.25, 0.3) is 0 Å². The highest BCUT2D eigenvalue weighted by molar-refractivity contribution is 5.81. The molecular weight excluding hydrogens is 212 g/mol. The molecule has 1 atom stereocenters. The van der Waals surface area contributed by atoms with Gasteiger partial charge >= 0.3 is 0 Å². The number of hydrogen-bond donors (Lipinski definition) is 1. The molecule has 1 aromatic heterocycles. The molecule has 0 aliphatic heterocycles. The van der Waals surface area contributed by atoms with Crippen LogP contribution in [-0.4, -0.2) is 11.2 Å². The van der Waals surface area contributed by atoms with Gasteiger partial charge in [0, 0.05) is 10.8 Å². The highest BCUT2D eigenvalue weighted by Crippen LogP contribution is 2.33. The number of hydrogen-bond acceptors (Lipinski definition) is 2. The van der Waals surface area contributed by atoms with E-state index >= 15 is 0 Å². The fourth-order valence-corrected chi connectivity index (χ4v) is 2.38. The average Bonchev–Trinajstić information content (AvgIpc) is 2.61. The van der Waals surface area contributed by atoms with E-state index in [1.807, 2.05) is 13.0 Å². The van der Waals surface area contributed by atoms with E-state index in [1.165, 1.54) is 0 Å². The average molecular weight is 232 g/mol. The van der Waals surface area contributed by atoms with E-state index < -0.39 is 0 Å². The van der Waals surface area contributed by atoms with Crippen LogP contribution in [0.15, 0.2) is 28.7 Å². The van der Waals surface area contributed by atoms with Crippen LogP contribution in [0.25, 0.3) is 11.0 Å². The number of rotatable bonds is 3. The Kier molecular flexibility index (Phi) is 3.00. The van der Waals surface area contributed by atoms with E-state index in [-0.39, 0.29) is 11.5 Å². The second kappa shape index (κ2) is 4.19. The Morgan fingerprint density at radius 3 is 2.65 bits per heavy atom. The lowest BCUT2D eigenvalue weighted by atomic mass is 9.84. The van der Waals surface area contributed by atoms with Gasteiger partial charge in [0.15, 0.2) is 0 Å². The first-order valence-corrected chi connectivity index (χ1v) is 6.08. The molecule has 2 aromatic rings. The van der Waals surface area contributed by atoms with Crippen molar-refractivity contribution in [3.8, 4) is 0 Å². The summed E-state index contributed by atoms with van der Waals surface area (Å²) in [5.41, 5.74) is 1.97.